The number of halogens is 3. The van der Waals surface area contributed by atoms with Crippen molar-refractivity contribution in [1.82, 2.24) is 9.78 Å². The van der Waals surface area contributed by atoms with Crippen LogP contribution in [0.1, 0.15) is 62.2 Å². The molecule has 8 nitrogen and oxygen atoms in total. The van der Waals surface area contributed by atoms with Gasteiger partial charge in [-0.2, -0.15) is 5.10 Å². The number of anilines is 1. The minimum atomic E-state index is -2.87. The van der Waals surface area contributed by atoms with Gasteiger partial charge >= 0.3 is 11.9 Å². The van der Waals surface area contributed by atoms with Crippen molar-refractivity contribution in [2.45, 2.75) is 38.7 Å². The van der Waals surface area contributed by atoms with Gasteiger partial charge in [0.1, 0.15) is 22.1 Å². The number of nitrogens with zero attached hydrogens (tertiary/aromatic N) is 2. The van der Waals surface area contributed by atoms with Crippen LogP contribution in [0.3, 0.4) is 0 Å². The molecule has 12 heteroatoms. The zero-order chi connectivity index (χ0) is 22.2. The van der Waals surface area contributed by atoms with Gasteiger partial charge in [0.2, 0.25) is 5.91 Å². The van der Waals surface area contributed by atoms with E-state index < -0.39 is 30.0 Å². The maximum atomic E-state index is 13.2. The SMILES string of the molecule is COC(=O)c1sc(NC(=O)Cn2nc(C(F)F)c(Cl)c2C2CC2)c(C(=O)OC)c1C. The van der Waals surface area contributed by atoms with Crippen LogP contribution in [0.4, 0.5) is 13.8 Å². The second kappa shape index (κ2) is 8.68. The number of esters is 2. The third-order valence-corrected chi connectivity index (χ3v) is 6.15. The van der Waals surface area contributed by atoms with Crippen molar-refractivity contribution in [3.8, 4) is 0 Å². The monoisotopic (exact) mass is 461 g/mol. The lowest BCUT2D eigenvalue weighted by molar-refractivity contribution is -0.116. The topological polar surface area (TPSA) is 99.5 Å². The molecule has 0 radical (unpaired) electrons. The maximum absolute atomic E-state index is 13.2. The highest BCUT2D eigenvalue weighted by Gasteiger charge is 2.34. The summed E-state index contributed by atoms with van der Waals surface area (Å²) in [6.45, 7) is 1.14. The number of aromatic nitrogens is 2. The van der Waals surface area contributed by atoms with Crippen molar-refractivity contribution < 1.29 is 32.6 Å². The van der Waals surface area contributed by atoms with Gasteiger partial charge in [0, 0.05) is 5.92 Å². The summed E-state index contributed by atoms with van der Waals surface area (Å²) >= 11 is 6.91. The number of carbonyl (C=O) groups is 3. The van der Waals surface area contributed by atoms with Crippen molar-refractivity contribution in [3.05, 3.63) is 32.4 Å². The third-order valence-electron chi connectivity index (χ3n) is 4.58. The highest BCUT2D eigenvalue weighted by Crippen LogP contribution is 2.45. The summed E-state index contributed by atoms with van der Waals surface area (Å²) < 4.78 is 36.9. The Morgan fingerprint density at radius 1 is 1.27 bits per heavy atom. The van der Waals surface area contributed by atoms with E-state index in [9.17, 15) is 23.2 Å². The fourth-order valence-corrected chi connectivity index (χ4v) is 4.52. The predicted molar refractivity (Wildman–Crippen MR) is 105 cm³/mol. The van der Waals surface area contributed by atoms with Crippen molar-refractivity contribution in [2.75, 3.05) is 19.5 Å². The van der Waals surface area contributed by atoms with Gasteiger partial charge in [-0.25, -0.2) is 18.4 Å². The standard InChI is InChI=1S/C18H18ClF2N3O5S/c1-7-10(17(26)28-2)16(30-14(7)18(27)29-3)22-9(25)6-24-13(8-4-5-8)11(19)12(23-24)15(20)21/h8,15H,4-6H2,1-3H3,(H,22,25). The van der Waals surface area contributed by atoms with Crippen molar-refractivity contribution in [2.24, 2.45) is 0 Å². The second-order valence-electron chi connectivity index (χ2n) is 6.61. The fraction of sp³-hybridized carbons (Fsp3) is 0.444. The van der Waals surface area contributed by atoms with Crippen molar-refractivity contribution in [3.63, 3.8) is 0 Å². The summed E-state index contributed by atoms with van der Waals surface area (Å²) in [4.78, 5) is 36.9. The molecule has 1 aliphatic carbocycles. The molecule has 0 spiro atoms. The summed E-state index contributed by atoms with van der Waals surface area (Å²) in [6.07, 6.45) is -1.32. The second-order valence-corrected chi connectivity index (χ2v) is 8.01. The van der Waals surface area contributed by atoms with E-state index in [4.69, 9.17) is 21.1 Å². The minimum absolute atomic E-state index is 0.0189. The van der Waals surface area contributed by atoms with E-state index in [1.54, 1.807) is 0 Å². The molecule has 1 aliphatic rings. The van der Waals surface area contributed by atoms with Crippen molar-refractivity contribution in [1.29, 1.82) is 0 Å². The lowest BCUT2D eigenvalue weighted by Gasteiger charge is -2.08. The number of methoxy groups -OCH3 is 2. The first-order chi connectivity index (χ1) is 14.2. The Morgan fingerprint density at radius 2 is 1.90 bits per heavy atom. The van der Waals surface area contributed by atoms with Crippen LogP contribution in [0.15, 0.2) is 0 Å². The fourth-order valence-electron chi connectivity index (χ4n) is 3.02. The van der Waals surface area contributed by atoms with E-state index in [1.165, 1.54) is 21.1 Å². The largest absolute Gasteiger partial charge is 0.465 e. The van der Waals surface area contributed by atoms with Crippen LogP contribution < -0.4 is 5.32 Å². The van der Waals surface area contributed by atoms with E-state index in [0.29, 0.717) is 11.3 Å². The normalized spacial score (nSPS) is 13.4. The van der Waals surface area contributed by atoms with Crippen LogP contribution in [-0.2, 0) is 20.8 Å². The molecule has 1 saturated carbocycles. The molecule has 2 aromatic rings. The van der Waals surface area contributed by atoms with Gasteiger partial charge < -0.3 is 14.8 Å². The Labute approximate surface area is 179 Å². The Hall–Kier alpha value is -2.53. The van der Waals surface area contributed by atoms with E-state index in [2.05, 4.69) is 10.4 Å². The first-order valence-electron chi connectivity index (χ1n) is 8.83. The summed E-state index contributed by atoms with van der Waals surface area (Å²) in [6, 6.07) is 0. The molecular formula is C18H18ClF2N3O5S. The Bertz CT molecular complexity index is 1020. The Morgan fingerprint density at radius 3 is 2.43 bits per heavy atom. The van der Waals surface area contributed by atoms with E-state index in [-0.39, 0.29) is 32.9 Å². The van der Waals surface area contributed by atoms with Gasteiger partial charge in [0.15, 0.2) is 0 Å². The average Bonchev–Trinajstić information content (AvgIpc) is 3.40. The molecule has 30 heavy (non-hydrogen) atoms. The summed E-state index contributed by atoms with van der Waals surface area (Å²) in [5, 5.41) is 6.30. The smallest absolute Gasteiger partial charge is 0.348 e. The molecule has 2 aromatic heterocycles. The summed E-state index contributed by atoms with van der Waals surface area (Å²) in [7, 11) is 2.36. The molecule has 162 valence electrons. The van der Waals surface area contributed by atoms with Gasteiger partial charge in [-0.15, -0.1) is 11.3 Å². The number of nitrogens with one attached hydrogen (secondary N) is 1. The summed E-state index contributed by atoms with van der Waals surface area (Å²) in [5.74, 6) is -2.06. The van der Waals surface area contributed by atoms with Gasteiger partial charge in [-0.1, -0.05) is 11.6 Å². The highest BCUT2D eigenvalue weighted by atomic mass is 35.5. The van der Waals surface area contributed by atoms with E-state index in [1.807, 2.05) is 0 Å². The molecule has 0 saturated heterocycles. The number of thiophene rings is 1. The molecule has 1 fully saturated rings. The van der Waals surface area contributed by atoms with Crippen LogP contribution in [-0.4, -0.2) is 41.8 Å². The number of amides is 1. The van der Waals surface area contributed by atoms with Gasteiger partial charge in [-0.05, 0) is 25.3 Å². The lowest BCUT2D eigenvalue weighted by atomic mass is 10.1. The number of carbonyl (C=O) groups excluding carboxylic acids is 3. The molecule has 0 bridgehead atoms. The quantitative estimate of drug-likeness (QED) is 0.627. The third kappa shape index (κ3) is 4.17. The number of ether oxygens (including phenoxy) is 2. The highest BCUT2D eigenvalue weighted by molar-refractivity contribution is 7.18. The van der Waals surface area contributed by atoms with Crippen LogP contribution in [0.5, 0.6) is 0 Å². The molecule has 0 unspecified atom stereocenters. The minimum Gasteiger partial charge on any atom is -0.465 e. The number of hydrogen-bond donors (Lipinski definition) is 1. The van der Waals surface area contributed by atoms with Crippen molar-refractivity contribution >= 4 is 45.8 Å². The van der Waals surface area contributed by atoms with Crippen LogP contribution in [0.2, 0.25) is 5.02 Å². The Balaban J connectivity index is 1.89. The average molecular weight is 462 g/mol. The van der Waals surface area contributed by atoms with Gasteiger partial charge in [0.25, 0.3) is 6.43 Å². The molecule has 0 atom stereocenters. The van der Waals surface area contributed by atoms with E-state index >= 15 is 0 Å². The number of alkyl halides is 2. The van der Waals surface area contributed by atoms with Crippen LogP contribution >= 0.6 is 22.9 Å². The Kier molecular flexibility index (Phi) is 6.41. The lowest BCUT2D eigenvalue weighted by Crippen LogP contribution is -2.21. The number of hydrogen-bond acceptors (Lipinski definition) is 7. The first kappa shape index (κ1) is 22.2. The molecule has 0 aliphatic heterocycles. The molecule has 1 N–H and O–H groups in total. The molecule has 0 aromatic carbocycles. The van der Waals surface area contributed by atoms with Crippen LogP contribution in [0.25, 0.3) is 0 Å². The maximum Gasteiger partial charge on any atom is 0.348 e. The molecular weight excluding hydrogens is 444 g/mol. The molecule has 2 heterocycles. The van der Waals surface area contributed by atoms with Gasteiger partial charge in [-0.3, -0.25) is 9.48 Å². The summed E-state index contributed by atoms with van der Waals surface area (Å²) in [5.41, 5.74) is 0.148. The first-order valence-corrected chi connectivity index (χ1v) is 10.0. The van der Waals surface area contributed by atoms with Gasteiger partial charge in [0.05, 0.1) is 30.5 Å². The van der Waals surface area contributed by atoms with E-state index in [0.717, 1.165) is 28.9 Å². The molecule has 3 rings (SSSR count). The zero-order valence-corrected chi connectivity index (χ0v) is 17.8. The molecule has 1 amide bonds. The van der Waals surface area contributed by atoms with Crippen LogP contribution in [0, 0.1) is 6.92 Å². The predicted octanol–water partition coefficient (Wildman–Crippen LogP) is 3.93. The zero-order valence-electron chi connectivity index (χ0n) is 16.3. The number of rotatable bonds is 7.